The van der Waals surface area contributed by atoms with Crippen LogP contribution in [0.3, 0.4) is 0 Å². The van der Waals surface area contributed by atoms with Crippen molar-refractivity contribution in [1.82, 2.24) is 4.90 Å². The van der Waals surface area contributed by atoms with Crippen LogP contribution < -0.4 is 0 Å². The van der Waals surface area contributed by atoms with Gasteiger partial charge in [-0.05, 0) is 61.4 Å². The van der Waals surface area contributed by atoms with Gasteiger partial charge in [0.2, 0.25) is 0 Å². The minimum absolute atomic E-state index is 0.0962. The van der Waals surface area contributed by atoms with E-state index in [1.807, 2.05) is 6.07 Å². The van der Waals surface area contributed by atoms with E-state index in [0.29, 0.717) is 16.5 Å². The maximum Gasteiger partial charge on any atom is 0.271 e. The molecule has 0 radical (unpaired) electrons. The Labute approximate surface area is 184 Å². The van der Waals surface area contributed by atoms with Crippen LogP contribution in [-0.4, -0.2) is 42.7 Å². The number of amides is 2. The van der Waals surface area contributed by atoms with Crippen LogP contribution in [0, 0.1) is 11.3 Å². The Kier molecular flexibility index (Phi) is 5.33. The van der Waals surface area contributed by atoms with Gasteiger partial charge in [-0.2, -0.15) is 5.26 Å². The number of nitrogens with zero attached hydrogens (tertiary/aromatic N) is 2. The highest BCUT2D eigenvalue weighted by Gasteiger charge is 2.43. The van der Waals surface area contributed by atoms with Crippen molar-refractivity contribution in [2.24, 2.45) is 0 Å². The molecule has 2 aliphatic rings. The molecule has 2 aliphatic heterocycles. The predicted molar refractivity (Wildman–Crippen MR) is 114 cm³/mol. The largest absolute Gasteiger partial charge is 0.457 e. The van der Waals surface area contributed by atoms with E-state index in [1.54, 1.807) is 36.4 Å². The molecule has 2 aromatic rings. The van der Waals surface area contributed by atoms with Crippen molar-refractivity contribution in [3.8, 4) is 17.4 Å². The zero-order valence-electron chi connectivity index (χ0n) is 16.5. The van der Waals surface area contributed by atoms with Crippen LogP contribution in [0.5, 0.6) is 0 Å². The van der Waals surface area contributed by atoms with Crippen molar-refractivity contribution in [3.05, 3.63) is 63.9 Å². The Bertz CT molecular complexity index is 1300. The highest BCUT2D eigenvalue weighted by molar-refractivity contribution is 7.91. The van der Waals surface area contributed by atoms with E-state index in [2.05, 4.69) is 0 Å². The summed E-state index contributed by atoms with van der Waals surface area (Å²) >= 11 is 5.91. The van der Waals surface area contributed by atoms with Crippen molar-refractivity contribution < 1.29 is 22.4 Å². The van der Waals surface area contributed by atoms with Gasteiger partial charge in [-0.15, -0.1) is 0 Å². The molecule has 0 unspecified atom stereocenters. The summed E-state index contributed by atoms with van der Waals surface area (Å²) in [5.74, 6) is -0.863. The number of carbonyl (C=O) groups is 2. The lowest BCUT2D eigenvalue weighted by molar-refractivity contribution is -0.142. The summed E-state index contributed by atoms with van der Waals surface area (Å²) in [7, 11) is -3.33. The van der Waals surface area contributed by atoms with Gasteiger partial charge in [-0.1, -0.05) is 11.6 Å². The third kappa shape index (κ3) is 3.94. The lowest BCUT2D eigenvalue weighted by Gasteiger charge is -2.31. The number of nitriles is 1. The third-order valence-electron chi connectivity index (χ3n) is 5.39. The lowest BCUT2D eigenvalue weighted by Crippen LogP contribution is -2.49. The molecule has 7 nitrogen and oxygen atoms in total. The lowest BCUT2D eigenvalue weighted by atomic mass is 9.93. The third-order valence-corrected chi connectivity index (χ3v) is 7.39. The Morgan fingerprint density at radius 1 is 1.16 bits per heavy atom. The summed E-state index contributed by atoms with van der Waals surface area (Å²) in [4.78, 5) is 26.8. The molecule has 31 heavy (non-hydrogen) atoms. The molecule has 1 aromatic heterocycles. The van der Waals surface area contributed by atoms with Gasteiger partial charge in [0.15, 0.2) is 9.84 Å². The van der Waals surface area contributed by atoms with E-state index in [-0.39, 0.29) is 34.6 Å². The Morgan fingerprint density at radius 3 is 2.48 bits per heavy atom. The van der Waals surface area contributed by atoms with Gasteiger partial charge in [0, 0.05) is 16.2 Å². The molecule has 1 saturated heterocycles. The minimum atomic E-state index is -3.33. The standard InChI is InChI=1S/C22H17ClN2O5S/c1-13-18(10-17-6-7-20(30-17)14-2-4-15(23)5-3-14)21(26)25(22(27)19(13)11-24)16-8-9-31(28,29)12-16/h2-7,10,16H,8-9,12H2,1H3/b18-10+/t16-/m1/s1. The second-order valence-corrected chi connectivity index (χ2v) is 10.1. The topological polar surface area (TPSA) is 108 Å². The number of sulfone groups is 1. The van der Waals surface area contributed by atoms with Crippen molar-refractivity contribution in [2.45, 2.75) is 19.4 Å². The van der Waals surface area contributed by atoms with Gasteiger partial charge in [0.25, 0.3) is 11.8 Å². The second-order valence-electron chi connectivity index (χ2n) is 7.42. The first kappa shape index (κ1) is 21.1. The van der Waals surface area contributed by atoms with E-state index >= 15 is 0 Å². The number of hydrogen-bond acceptors (Lipinski definition) is 6. The van der Waals surface area contributed by atoms with Gasteiger partial charge in [-0.3, -0.25) is 14.5 Å². The number of carbonyl (C=O) groups excluding carboxylic acids is 2. The second kappa shape index (κ2) is 7.84. The molecular formula is C22H17ClN2O5S. The molecule has 0 bridgehead atoms. The molecule has 158 valence electrons. The molecule has 1 fully saturated rings. The first-order valence-corrected chi connectivity index (χ1v) is 11.7. The smallest absolute Gasteiger partial charge is 0.271 e. The molecule has 1 atom stereocenters. The summed E-state index contributed by atoms with van der Waals surface area (Å²) < 4.78 is 29.6. The molecule has 0 spiro atoms. The number of furan rings is 1. The Morgan fingerprint density at radius 2 is 1.87 bits per heavy atom. The molecule has 1 aromatic carbocycles. The number of halogens is 1. The van der Waals surface area contributed by atoms with E-state index < -0.39 is 27.7 Å². The van der Waals surface area contributed by atoms with Crippen molar-refractivity contribution in [3.63, 3.8) is 0 Å². The summed E-state index contributed by atoms with van der Waals surface area (Å²) in [6.45, 7) is 1.52. The van der Waals surface area contributed by atoms with E-state index in [1.165, 1.54) is 13.0 Å². The van der Waals surface area contributed by atoms with Crippen LogP contribution in [0.25, 0.3) is 17.4 Å². The monoisotopic (exact) mass is 456 g/mol. The van der Waals surface area contributed by atoms with E-state index in [0.717, 1.165) is 10.5 Å². The van der Waals surface area contributed by atoms with Gasteiger partial charge >= 0.3 is 0 Å². The zero-order chi connectivity index (χ0) is 22.3. The van der Waals surface area contributed by atoms with Crippen LogP contribution >= 0.6 is 11.6 Å². The van der Waals surface area contributed by atoms with Gasteiger partial charge in [-0.25, -0.2) is 8.42 Å². The van der Waals surface area contributed by atoms with Crippen LogP contribution in [-0.2, 0) is 19.4 Å². The van der Waals surface area contributed by atoms with E-state index in [4.69, 9.17) is 16.0 Å². The van der Waals surface area contributed by atoms with Crippen LogP contribution in [0.1, 0.15) is 19.1 Å². The molecule has 3 heterocycles. The maximum atomic E-state index is 13.2. The molecule has 0 aliphatic carbocycles. The Hall–Kier alpha value is -3.15. The molecule has 4 rings (SSSR count). The van der Waals surface area contributed by atoms with Crippen molar-refractivity contribution in [2.75, 3.05) is 11.5 Å². The van der Waals surface area contributed by atoms with Crippen LogP contribution in [0.2, 0.25) is 5.02 Å². The number of hydrogen-bond donors (Lipinski definition) is 0. The highest BCUT2D eigenvalue weighted by Crippen LogP contribution is 2.32. The fourth-order valence-electron chi connectivity index (χ4n) is 3.75. The normalized spacial score (nSPS) is 22.3. The Balaban J connectivity index is 1.73. The van der Waals surface area contributed by atoms with Gasteiger partial charge < -0.3 is 4.42 Å². The molecular weight excluding hydrogens is 440 g/mol. The highest BCUT2D eigenvalue weighted by atomic mass is 35.5. The average molecular weight is 457 g/mol. The van der Waals surface area contributed by atoms with E-state index in [9.17, 15) is 23.3 Å². The number of benzene rings is 1. The SMILES string of the molecule is CC1=C(C#N)C(=O)N([C@@H]2CCS(=O)(=O)C2)C(=O)/C1=C/c1ccc(-c2ccc(Cl)cc2)o1. The van der Waals surface area contributed by atoms with Crippen molar-refractivity contribution >= 4 is 39.3 Å². The van der Waals surface area contributed by atoms with Crippen LogP contribution in [0.15, 0.2) is 57.5 Å². The quantitative estimate of drug-likeness (QED) is 0.517. The molecule has 9 heteroatoms. The molecule has 0 N–H and O–H groups in total. The molecule has 2 amide bonds. The first-order valence-electron chi connectivity index (χ1n) is 9.47. The summed E-state index contributed by atoms with van der Waals surface area (Å²) in [6, 6.07) is 11.5. The van der Waals surface area contributed by atoms with Gasteiger partial charge in [0.05, 0.1) is 17.5 Å². The minimum Gasteiger partial charge on any atom is -0.457 e. The van der Waals surface area contributed by atoms with Gasteiger partial charge in [0.1, 0.15) is 23.2 Å². The fourth-order valence-corrected chi connectivity index (χ4v) is 5.58. The predicted octanol–water partition coefficient (Wildman–Crippen LogP) is 3.38. The fraction of sp³-hybridized carbons (Fsp3) is 0.227. The molecule has 0 saturated carbocycles. The number of imide groups is 1. The average Bonchev–Trinajstić information content (AvgIpc) is 3.32. The van der Waals surface area contributed by atoms with Crippen LogP contribution in [0.4, 0.5) is 0 Å². The summed E-state index contributed by atoms with van der Waals surface area (Å²) in [5, 5.41) is 10.1. The maximum absolute atomic E-state index is 13.2. The number of rotatable bonds is 3. The zero-order valence-corrected chi connectivity index (χ0v) is 18.0. The summed E-state index contributed by atoms with van der Waals surface area (Å²) in [5.41, 5.74) is 0.970. The van der Waals surface area contributed by atoms with Crippen molar-refractivity contribution in [1.29, 1.82) is 5.26 Å². The summed E-state index contributed by atoms with van der Waals surface area (Å²) in [6.07, 6.45) is 1.63. The first-order chi connectivity index (χ1) is 14.7.